The standard InChI is InChI=1S/C18H14N2O6/c1-11-10-14(6-7-15(11)19-16(21)8-9-17(19)22)26-18(23)12-2-4-13(5-3-12)20(24)25/h2-7,10H,8-9H2,1H3. The number of carbonyl (C=O) groups is 3. The molecule has 2 aromatic rings. The van der Waals surface area contributed by atoms with Crippen molar-refractivity contribution in [1.29, 1.82) is 0 Å². The Labute approximate surface area is 148 Å². The van der Waals surface area contributed by atoms with E-state index in [1.807, 2.05) is 0 Å². The van der Waals surface area contributed by atoms with Gasteiger partial charge in [-0.3, -0.25) is 24.6 Å². The quantitative estimate of drug-likeness (QED) is 0.275. The van der Waals surface area contributed by atoms with Crippen LogP contribution in [-0.2, 0) is 9.59 Å². The first-order valence-electron chi connectivity index (χ1n) is 7.80. The highest BCUT2D eigenvalue weighted by molar-refractivity contribution is 6.20. The third-order valence-corrected chi connectivity index (χ3v) is 3.99. The molecule has 3 rings (SSSR count). The summed E-state index contributed by atoms with van der Waals surface area (Å²) in [5.41, 5.74) is 1.12. The van der Waals surface area contributed by atoms with Crippen molar-refractivity contribution in [3.8, 4) is 5.75 Å². The van der Waals surface area contributed by atoms with Gasteiger partial charge in [0.25, 0.3) is 5.69 Å². The van der Waals surface area contributed by atoms with E-state index < -0.39 is 10.9 Å². The molecule has 2 aromatic carbocycles. The smallest absolute Gasteiger partial charge is 0.343 e. The van der Waals surface area contributed by atoms with E-state index in [0.29, 0.717) is 11.3 Å². The highest BCUT2D eigenvalue weighted by atomic mass is 16.6. The van der Waals surface area contributed by atoms with Crippen LogP contribution in [0.5, 0.6) is 5.75 Å². The zero-order valence-electron chi connectivity index (χ0n) is 13.8. The monoisotopic (exact) mass is 354 g/mol. The first-order valence-corrected chi connectivity index (χ1v) is 7.80. The van der Waals surface area contributed by atoms with Gasteiger partial charge in [-0.1, -0.05) is 0 Å². The molecule has 26 heavy (non-hydrogen) atoms. The number of anilines is 1. The molecule has 0 spiro atoms. The Morgan fingerprint density at radius 3 is 2.23 bits per heavy atom. The van der Waals surface area contributed by atoms with Gasteiger partial charge in [-0.05, 0) is 42.8 Å². The second-order valence-corrected chi connectivity index (χ2v) is 5.76. The molecular weight excluding hydrogens is 340 g/mol. The summed E-state index contributed by atoms with van der Waals surface area (Å²) in [7, 11) is 0. The summed E-state index contributed by atoms with van der Waals surface area (Å²) in [5.74, 6) is -0.934. The first-order chi connectivity index (χ1) is 12.4. The molecule has 1 saturated heterocycles. The van der Waals surface area contributed by atoms with Gasteiger partial charge in [0.15, 0.2) is 0 Å². The fraction of sp³-hybridized carbons (Fsp3) is 0.167. The van der Waals surface area contributed by atoms with Crippen LogP contribution in [0.4, 0.5) is 11.4 Å². The summed E-state index contributed by atoms with van der Waals surface area (Å²) in [4.78, 5) is 47.0. The van der Waals surface area contributed by atoms with E-state index in [1.165, 1.54) is 30.3 Å². The Morgan fingerprint density at radius 1 is 1.08 bits per heavy atom. The summed E-state index contributed by atoms with van der Waals surface area (Å²) >= 11 is 0. The van der Waals surface area contributed by atoms with Crippen molar-refractivity contribution in [3.63, 3.8) is 0 Å². The molecule has 1 aliphatic rings. The van der Waals surface area contributed by atoms with Gasteiger partial charge < -0.3 is 4.74 Å². The van der Waals surface area contributed by atoms with Crippen molar-refractivity contribution in [3.05, 3.63) is 63.7 Å². The van der Waals surface area contributed by atoms with Crippen LogP contribution >= 0.6 is 0 Å². The van der Waals surface area contributed by atoms with Crippen molar-refractivity contribution >= 4 is 29.2 Å². The van der Waals surface area contributed by atoms with Crippen LogP contribution in [0, 0.1) is 17.0 Å². The van der Waals surface area contributed by atoms with Crippen molar-refractivity contribution in [2.75, 3.05) is 4.90 Å². The minimum absolute atomic E-state index is 0.123. The summed E-state index contributed by atoms with van der Waals surface area (Å²) in [6, 6.07) is 9.65. The Hall–Kier alpha value is -3.55. The van der Waals surface area contributed by atoms with E-state index in [4.69, 9.17) is 4.74 Å². The number of benzene rings is 2. The number of nitrogens with zero attached hydrogens (tertiary/aromatic N) is 2. The molecule has 1 fully saturated rings. The van der Waals surface area contributed by atoms with E-state index in [-0.39, 0.29) is 41.7 Å². The lowest BCUT2D eigenvalue weighted by Gasteiger charge is -2.17. The topological polar surface area (TPSA) is 107 Å². The van der Waals surface area contributed by atoms with E-state index in [9.17, 15) is 24.5 Å². The number of carbonyl (C=O) groups excluding carboxylic acids is 3. The number of esters is 1. The lowest BCUT2D eigenvalue weighted by molar-refractivity contribution is -0.384. The van der Waals surface area contributed by atoms with Crippen LogP contribution in [-0.4, -0.2) is 22.7 Å². The van der Waals surface area contributed by atoms with Crippen LogP contribution in [0.1, 0.15) is 28.8 Å². The SMILES string of the molecule is Cc1cc(OC(=O)c2ccc([N+](=O)[O-])cc2)ccc1N1C(=O)CCC1=O. The number of rotatable bonds is 4. The molecule has 0 radical (unpaired) electrons. The summed E-state index contributed by atoms with van der Waals surface area (Å²) in [5, 5.41) is 10.6. The second-order valence-electron chi connectivity index (χ2n) is 5.76. The number of imide groups is 1. The minimum atomic E-state index is -0.666. The van der Waals surface area contributed by atoms with Crippen molar-refractivity contribution in [2.45, 2.75) is 19.8 Å². The van der Waals surface area contributed by atoms with E-state index >= 15 is 0 Å². The molecule has 1 aliphatic heterocycles. The third kappa shape index (κ3) is 3.30. The lowest BCUT2D eigenvalue weighted by Crippen LogP contribution is -2.29. The van der Waals surface area contributed by atoms with Gasteiger partial charge in [0, 0.05) is 25.0 Å². The van der Waals surface area contributed by atoms with Crippen molar-refractivity contribution < 1.29 is 24.0 Å². The molecule has 2 amide bonds. The van der Waals surface area contributed by atoms with Gasteiger partial charge in [-0.25, -0.2) is 4.79 Å². The molecule has 0 atom stereocenters. The number of aryl methyl sites for hydroxylation is 1. The average Bonchev–Trinajstić information content (AvgIpc) is 2.94. The normalized spacial score (nSPS) is 13.8. The first kappa shape index (κ1) is 17.3. The van der Waals surface area contributed by atoms with Gasteiger partial charge in [0.1, 0.15) is 5.75 Å². The number of nitro groups is 1. The zero-order valence-corrected chi connectivity index (χ0v) is 13.8. The summed E-state index contributed by atoms with van der Waals surface area (Å²) in [6.45, 7) is 1.71. The fourth-order valence-corrected chi connectivity index (χ4v) is 2.67. The van der Waals surface area contributed by atoms with Crippen molar-refractivity contribution in [1.82, 2.24) is 0 Å². The van der Waals surface area contributed by atoms with Crippen LogP contribution in [0.25, 0.3) is 0 Å². The third-order valence-electron chi connectivity index (χ3n) is 3.99. The Kier molecular flexibility index (Phi) is 4.49. The van der Waals surface area contributed by atoms with Gasteiger partial charge >= 0.3 is 5.97 Å². The van der Waals surface area contributed by atoms with E-state index in [2.05, 4.69) is 0 Å². The predicted molar refractivity (Wildman–Crippen MR) is 91.0 cm³/mol. The fourth-order valence-electron chi connectivity index (χ4n) is 2.67. The number of ether oxygens (including phenoxy) is 1. The molecule has 0 aromatic heterocycles. The van der Waals surface area contributed by atoms with Gasteiger partial charge in [0.05, 0.1) is 16.2 Å². The van der Waals surface area contributed by atoms with Crippen LogP contribution in [0.3, 0.4) is 0 Å². The van der Waals surface area contributed by atoms with Gasteiger partial charge in [-0.2, -0.15) is 0 Å². The molecule has 8 heteroatoms. The van der Waals surface area contributed by atoms with Crippen LogP contribution < -0.4 is 9.64 Å². The Bertz CT molecular complexity index is 904. The predicted octanol–water partition coefficient (Wildman–Crippen LogP) is 2.78. The maximum absolute atomic E-state index is 12.1. The minimum Gasteiger partial charge on any atom is -0.423 e. The average molecular weight is 354 g/mol. The van der Waals surface area contributed by atoms with Crippen LogP contribution in [0.2, 0.25) is 0 Å². The van der Waals surface area contributed by atoms with Crippen molar-refractivity contribution in [2.24, 2.45) is 0 Å². The largest absolute Gasteiger partial charge is 0.423 e. The second kappa shape index (κ2) is 6.75. The molecule has 132 valence electrons. The number of hydrogen-bond acceptors (Lipinski definition) is 6. The highest BCUT2D eigenvalue weighted by Gasteiger charge is 2.31. The lowest BCUT2D eigenvalue weighted by atomic mass is 10.1. The molecule has 0 N–H and O–H groups in total. The van der Waals surface area contributed by atoms with Crippen LogP contribution in [0.15, 0.2) is 42.5 Å². The molecule has 0 saturated carbocycles. The molecule has 0 unspecified atom stereocenters. The number of nitro benzene ring substituents is 1. The van der Waals surface area contributed by atoms with Gasteiger partial charge in [0.2, 0.25) is 11.8 Å². The zero-order chi connectivity index (χ0) is 18.8. The highest BCUT2D eigenvalue weighted by Crippen LogP contribution is 2.29. The van der Waals surface area contributed by atoms with E-state index in [0.717, 1.165) is 4.90 Å². The number of non-ortho nitro benzene ring substituents is 1. The Morgan fingerprint density at radius 2 is 1.69 bits per heavy atom. The summed E-state index contributed by atoms with van der Waals surface area (Å²) in [6.07, 6.45) is 0.379. The molecule has 0 aliphatic carbocycles. The Balaban J connectivity index is 1.77. The molecule has 1 heterocycles. The maximum Gasteiger partial charge on any atom is 0.343 e. The molecule has 0 bridgehead atoms. The van der Waals surface area contributed by atoms with Gasteiger partial charge in [-0.15, -0.1) is 0 Å². The maximum atomic E-state index is 12.1. The van der Waals surface area contributed by atoms with E-state index in [1.54, 1.807) is 19.1 Å². The number of hydrogen-bond donors (Lipinski definition) is 0. The molecular formula is C18H14N2O6. The summed E-state index contributed by atoms with van der Waals surface area (Å²) < 4.78 is 5.26. The number of amides is 2. The molecule has 8 nitrogen and oxygen atoms in total.